The Bertz CT molecular complexity index is 964. The summed E-state index contributed by atoms with van der Waals surface area (Å²) in [7, 11) is 0. The first-order chi connectivity index (χ1) is 18.1. The lowest BCUT2D eigenvalue weighted by Gasteiger charge is -2.15. The van der Waals surface area contributed by atoms with Crippen molar-refractivity contribution in [1.82, 2.24) is 4.90 Å². The SMILES string of the molecule is Br.CCCCCCCCCCCCCCOc1cccc(C(=O)Nc2ccc(CN3C=C(C)SC3)cc2)c1. The Morgan fingerprint density at radius 3 is 2.13 bits per heavy atom. The van der Waals surface area contributed by atoms with Gasteiger partial charge in [0.1, 0.15) is 5.75 Å². The van der Waals surface area contributed by atoms with Gasteiger partial charge in [-0.05, 0) is 54.1 Å². The summed E-state index contributed by atoms with van der Waals surface area (Å²) in [5, 5.41) is 3.01. The van der Waals surface area contributed by atoms with Crippen LogP contribution in [0.1, 0.15) is 107 Å². The number of benzene rings is 2. The Morgan fingerprint density at radius 1 is 0.895 bits per heavy atom. The van der Waals surface area contributed by atoms with E-state index in [-0.39, 0.29) is 22.9 Å². The average molecular weight is 604 g/mol. The molecular weight excluding hydrogens is 556 g/mol. The summed E-state index contributed by atoms with van der Waals surface area (Å²) in [6.07, 6.45) is 18.2. The fraction of sp³-hybridized carbons (Fsp3) is 0.531. The Hall–Kier alpha value is -1.92. The summed E-state index contributed by atoms with van der Waals surface area (Å²) in [6, 6.07) is 15.6. The van der Waals surface area contributed by atoms with Gasteiger partial charge in [-0.1, -0.05) is 95.8 Å². The molecule has 0 spiro atoms. The van der Waals surface area contributed by atoms with Gasteiger partial charge in [0.25, 0.3) is 5.91 Å². The van der Waals surface area contributed by atoms with E-state index >= 15 is 0 Å². The molecule has 2 aromatic rings. The fourth-order valence-electron chi connectivity index (χ4n) is 4.60. The third kappa shape index (κ3) is 12.8. The highest BCUT2D eigenvalue weighted by Gasteiger charge is 2.11. The highest BCUT2D eigenvalue weighted by molar-refractivity contribution is 8.93. The lowest BCUT2D eigenvalue weighted by atomic mass is 10.1. The number of nitrogens with one attached hydrogen (secondary N) is 1. The van der Waals surface area contributed by atoms with Crippen molar-refractivity contribution < 1.29 is 9.53 Å². The summed E-state index contributed by atoms with van der Waals surface area (Å²) in [4.78, 5) is 16.4. The topological polar surface area (TPSA) is 41.6 Å². The number of anilines is 1. The number of rotatable bonds is 18. The molecule has 1 aliphatic rings. The first-order valence-corrected chi connectivity index (χ1v) is 15.3. The number of allylic oxidation sites excluding steroid dienone is 1. The second-order valence-electron chi connectivity index (χ2n) is 10.2. The van der Waals surface area contributed by atoms with Crippen LogP contribution < -0.4 is 10.1 Å². The van der Waals surface area contributed by atoms with Crippen LogP contribution in [-0.2, 0) is 6.54 Å². The van der Waals surface area contributed by atoms with Crippen LogP contribution in [0.15, 0.2) is 59.6 Å². The predicted octanol–water partition coefficient (Wildman–Crippen LogP) is 9.96. The van der Waals surface area contributed by atoms with Crippen LogP contribution in [0.5, 0.6) is 5.75 Å². The van der Waals surface area contributed by atoms with Crippen LogP contribution in [-0.4, -0.2) is 23.3 Å². The highest BCUT2D eigenvalue weighted by atomic mass is 79.9. The Kier molecular flexibility index (Phi) is 16.3. The molecule has 0 radical (unpaired) electrons. The smallest absolute Gasteiger partial charge is 0.255 e. The van der Waals surface area contributed by atoms with Crippen molar-refractivity contribution in [3.05, 3.63) is 70.8 Å². The summed E-state index contributed by atoms with van der Waals surface area (Å²) >= 11 is 1.87. The van der Waals surface area contributed by atoms with Crippen molar-refractivity contribution in [2.45, 2.75) is 97.4 Å². The van der Waals surface area contributed by atoms with Gasteiger partial charge in [-0.2, -0.15) is 0 Å². The number of amides is 1. The molecule has 0 aliphatic carbocycles. The minimum atomic E-state index is -0.113. The minimum Gasteiger partial charge on any atom is -0.494 e. The number of carbonyl (C=O) groups is 1. The van der Waals surface area contributed by atoms with E-state index in [0.29, 0.717) is 12.2 Å². The van der Waals surface area contributed by atoms with Gasteiger partial charge in [0.2, 0.25) is 0 Å². The zero-order chi connectivity index (χ0) is 26.1. The number of carbonyl (C=O) groups excluding carboxylic acids is 1. The summed E-state index contributed by atoms with van der Waals surface area (Å²) < 4.78 is 5.93. The van der Waals surface area contributed by atoms with Gasteiger partial charge in [0.15, 0.2) is 0 Å². The molecule has 0 saturated carbocycles. The van der Waals surface area contributed by atoms with Crippen molar-refractivity contribution in [2.24, 2.45) is 0 Å². The first-order valence-electron chi connectivity index (χ1n) is 14.3. The van der Waals surface area contributed by atoms with Crippen molar-refractivity contribution in [2.75, 3.05) is 17.8 Å². The van der Waals surface area contributed by atoms with Gasteiger partial charge in [-0.15, -0.1) is 28.7 Å². The quantitative estimate of drug-likeness (QED) is 0.172. The minimum absolute atomic E-state index is 0. The van der Waals surface area contributed by atoms with Crippen molar-refractivity contribution >= 4 is 40.3 Å². The molecule has 1 N–H and O–H groups in total. The lowest BCUT2D eigenvalue weighted by Crippen LogP contribution is -2.13. The standard InChI is InChI=1S/C32H46N2O2S.BrH/c1-3-4-5-6-7-8-9-10-11-12-13-14-22-36-31-17-15-16-29(23-31)32(35)33-30-20-18-28(19-21-30)25-34-24-27(2)37-26-34;/h15-21,23-24H,3-14,22,25-26H2,1-2H3,(H,33,35);1H. The van der Waals surface area contributed by atoms with Crippen molar-refractivity contribution in [3.63, 3.8) is 0 Å². The number of halogens is 1. The van der Waals surface area contributed by atoms with Gasteiger partial charge < -0.3 is 15.0 Å². The van der Waals surface area contributed by atoms with Crippen LogP contribution >= 0.6 is 28.7 Å². The summed E-state index contributed by atoms with van der Waals surface area (Å²) in [6.45, 7) is 6.00. The third-order valence-electron chi connectivity index (χ3n) is 6.78. The molecule has 0 aromatic heterocycles. The molecule has 0 saturated heterocycles. The Morgan fingerprint density at radius 2 is 1.53 bits per heavy atom. The van der Waals surface area contributed by atoms with E-state index in [1.165, 1.54) is 81.1 Å². The van der Waals surface area contributed by atoms with Crippen molar-refractivity contribution in [1.29, 1.82) is 0 Å². The van der Waals surface area contributed by atoms with E-state index in [4.69, 9.17) is 4.74 Å². The van der Waals surface area contributed by atoms with Crippen LogP contribution in [0.2, 0.25) is 0 Å². The van der Waals surface area contributed by atoms with Gasteiger partial charge >= 0.3 is 0 Å². The average Bonchev–Trinajstić information content (AvgIpc) is 3.32. The van der Waals surface area contributed by atoms with E-state index in [1.54, 1.807) is 0 Å². The number of hydrogen-bond donors (Lipinski definition) is 1. The van der Waals surface area contributed by atoms with Gasteiger partial charge in [0.05, 0.1) is 12.5 Å². The number of thioether (sulfide) groups is 1. The normalized spacial score (nSPS) is 12.7. The molecule has 3 rings (SSSR count). The summed E-state index contributed by atoms with van der Waals surface area (Å²) in [5.41, 5.74) is 2.66. The van der Waals surface area contributed by atoms with Gasteiger partial charge in [-0.25, -0.2) is 0 Å². The number of unbranched alkanes of at least 4 members (excludes halogenated alkanes) is 11. The van der Waals surface area contributed by atoms with E-state index in [1.807, 2.05) is 48.2 Å². The van der Waals surface area contributed by atoms with E-state index in [9.17, 15) is 4.79 Å². The molecule has 0 bridgehead atoms. The van der Waals surface area contributed by atoms with E-state index in [0.717, 1.165) is 30.3 Å². The molecule has 0 atom stereocenters. The van der Waals surface area contributed by atoms with Gasteiger partial charge in [0, 0.05) is 24.0 Å². The molecule has 0 fully saturated rings. The van der Waals surface area contributed by atoms with Crippen LogP contribution in [0, 0.1) is 0 Å². The van der Waals surface area contributed by atoms with Gasteiger partial charge in [-0.3, -0.25) is 4.79 Å². The molecule has 6 heteroatoms. The Labute approximate surface area is 245 Å². The number of ether oxygens (including phenoxy) is 1. The molecule has 1 amide bonds. The predicted molar refractivity (Wildman–Crippen MR) is 169 cm³/mol. The Balaban J connectivity index is 0.00000507. The maximum absolute atomic E-state index is 12.8. The summed E-state index contributed by atoms with van der Waals surface area (Å²) in [5.74, 6) is 1.65. The zero-order valence-electron chi connectivity index (χ0n) is 23.4. The van der Waals surface area contributed by atoms with Crippen LogP contribution in [0.3, 0.4) is 0 Å². The maximum atomic E-state index is 12.8. The molecular formula is C32H47BrN2O2S. The lowest BCUT2D eigenvalue weighted by molar-refractivity contribution is 0.102. The molecule has 210 valence electrons. The molecule has 1 heterocycles. The number of hydrogen-bond acceptors (Lipinski definition) is 4. The zero-order valence-corrected chi connectivity index (χ0v) is 25.9. The maximum Gasteiger partial charge on any atom is 0.255 e. The second-order valence-corrected chi connectivity index (χ2v) is 11.4. The molecule has 4 nitrogen and oxygen atoms in total. The molecule has 2 aromatic carbocycles. The highest BCUT2D eigenvalue weighted by Crippen LogP contribution is 2.26. The van der Waals surface area contributed by atoms with Crippen LogP contribution in [0.25, 0.3) is 0 Å². The van der Waals surface area contributed by atoms with E-state index < -0.39 is 0 Å². The second kappa shape index (κ2) is 19.2. The third-order valence-corrected chi connectivity index (χ3v) is 7.80. The largest absolute Gasteiger partial charge is 0.494 e. The fourth-order valence-corrected chi connectivity index (χ4v) is 5.36. The number of nitrogens with zero attached hydrogens (tertiary/aromatic N) is 1. The molecule has 0 unspecified atom stereocenters. The van der Waals surface area contributed by atoms with E-state index in [2.05, 4.69) is 42.4 Å². The monoisotopic (exact) mass is 602 g/mol. The molecule has 38 heavy (non-hydrogen) atoms. The van der Waals surface area contributed by atoms with Crippen LogP contribution in [0.4, 0.5) is 5.69 Å². The van der Waals surface area contributed by atoms with Crippen molar-refractivity contribution in [3.8, 4) is 5.75 Å². The molecule has 1 aliphatic heterocycles. The first kappa shape index (κ1) is 32.3.